The second-order valence-corrected chi connectivity index (χ2v) is 8.93. The van der Waals surface area contributed by atoms with Crippen LogP contribution in [0.4, 0.5) is 17.1 Å². The van der Waals surface area contributed by atoms with E-state index >= 15 is 0 Å². The number of anilines is 3. The van der Waals surface area contributed by atoms with E-state index in [2.05, 4.69) is 5.32 Å². The van der Waals surface area contributed by atoms with Crippen LogP contribution in [0.2, 0.25) is 0 Å². The molecule has 2 amide bonds. The number of hydrogen-bond donors (Lipinski definition) is 1. The van der Waals surface area contributed by atoms with Crippen LogP contribution in [0.25, 0.3) is 0 Å². The molecule has 0 aromatic heterocycles. The second kappa shape index (κ2) is 7.27. The summed E-state index contributed by atoms with van der Waals surface area (Å²) in [6.45, 7) is 5.12. The summed E-state index contributed by atoms with van der Waals surface area (Å²) in [6.07, 6.45) is 1.07. The molecule has 1 unspecified atom stereocenters. The van der Waals surface area contributed by atoms with Crippen molar-refractivity contribution < 1.29 is 18.0 Å². The minimum atomic E-state index is -3.74. The van der Waals surface area contributed by atoms with Crippen LogP contribution in [-0.4, -0.2) is 39.1 Å². The Morgan fingerprint density at radius 2 is 1.75 bits per heavy atom. The van der Waals surface area contributed by atoms with E-state index in [9.17, 15) is 18.0 Å². The van der Waals surface area contributed by atoms with E-state index < -0.39 is 22.0 Å². The minimum absolute atomic E-state index is 0.162. The standard InChI is InChI=1S/C20H23N3O4S/c1-13-9-14(2)11-16(10-13)23(28(4,26)27)15(3)20(25)22-12-19(24)21-17-7-5-6-8-18(17)22/h5-11,15H,12H2,1-4H3,(H,21,24). The van der Waals surface area contributed by atoms with Crippen LogP contribution in [-0.2, 0) is 19.6 Å². The van der Waals surface area contributed by atoms with E-state index in [1.165, 1.54) is 11.8 Å². The average molecular weight is 401 g/mol. The van der Waals surface area contributed by atoms with Gasteiger partial charge in [0.05, 0.1) is 23.3 Å². The lowest BCUT2D eigenvalue weighted by molar-refractivity contribution is -0.122. The molecule has 3 rings (SSSR count). The van der Waals surface area contributed by atoms with E-state index in [1.54, 1.807) is 36.4 Å². The molecular formula is C20H23N3O4S. The Hall–Kier alpha value is -2.87. The van der Waals surface area contributed by atoms with Crippen LogP contribution in [0.5, 0.6) is 0 Å². The summed E-state index contributed by atoms with van der Waals surface area (Å²) in [5, 5.41) is 2.73. The van der Waals surface area contributed by atoms with Crippen molar-refractivity contribution in [1.29, 1.82) is 0 Å². The number of nitrogens with one attached hydrogen (secondary N) is 1. The summed E-state index contributed by atoms with van der Waals surface area (Å²) in [6, 6.07) is 11.3. The summed E-state index contributed by atoms with van der Waals surface area (Å²) in [7, 11) is -3.74. The molecule has 1 aliphatic rings. The van der Waals surface area contributed by atoms with Gasteiger partial charge in [0.25, 0.3) is 5.91 Å². The van der Waals surface area contributed by atoms with Gasteiger partial charge in [-0.3, -0.25) is 18.8 Å². The van der Waals surface area contributed by atoms with E-state index in [0.29, 0.717) is 17.1 Å². The van der Waals surface area contributed by atoms with Crippen LogP contribution in [0.1, 0.15) is 18.1 Å². The number of para-hydroxylation sites is 2. The molecule has 28 heavy (non-hydrogen) atoms. The summed E-state index contributed by atoms with van der Waals surface area (Å²) >= 11 is 0. The molecule has 2 aromatic carbocycles. The van der Waals surface area contributed by atoms with E-state index in [-0.39, 0.29) is 12.5 Å². The normalized spacial score (nSPS) is 14.9. The lowest BCUT2D eigenvalue weighted by Gasteiger charge is -2.35. The zero-order valence-electron chi connectivity index (χ0n) is 16.3. The third kappa shape index (κ3) is 3.87. The van der Waals surface area contributed by atoms with E-state index in [1.807, 2.05) is 19.9 Å². The molecule has 8 heteroatoms. The van der Waals surface area contributed by atoms with Crippen molar-refractivity contribution >= 4 is 38.9 Å². The average Bonchev–Trinajstić information content (AvgIpc) is 2.58. The number of nitrogens with zero attached hydrogens (tertiary/aromatic N) is 2. The number of aryl methyl sites for hydroxylation is 2. The predicted octanol–water partition coefficient (Wildman–Crippen LogP) is 2.44. The van der Waals surface area contributed by atoms with Crippen molar-refractivity contribution in [3.8, 4) is 0 Å². The highest BCUT2D eigenvalue weighted by molar-refractivity contribution is 7.92. The smallest absolute Gasteiger partial charge is 0.251 e. The maximum atomic E-state index is 13.3. The molecule has 1 heterocycles. The number of rotatable bonds is 4. The quantitative estimate of drug-likeness (QED) is 0.853. The highest BCUT2D eigenvalue weighted by Gasteiger charge is 2.35. The van der Waals surface area contributed by atoms with Crippen LogP contribution in [0, 0.1) is 13.8 Å². The van der Waals surface area contributed by atoms with Crippen molar-refractivity contribution in [3.05, 3.63) is 53.6 Å². The predicted molar refractivity (Wildman–Crippen MR) is 110 cm³/mol. The second-order valence-electron chi connectivity index (χ2n) is 7.07. The molecule has 2 aromatic rings. The summed E-state index contributed by atoms with van der Waals surface area (Å²) in [5.41, 5.74) is 3.29. The largest absolute Gasteiger partial charge is 0.323 e. The SMILES string of the molecule is Cc1cc(C)cc(N(C(C)C(=O)N2CC(=O)Nc3ccccc32)S(C)(=O)=O)c1. The monoisotopic (exact) mass is 401 g/mol. The zero-order chi connectivity index (χ0) is 20.6. The highest BCUT2D eigenvalue weighted by Crippen LogP contribution is 2.31. The number of carbonyl (C=O) groups is 2. The zero-order valence-corrected chi connectivity index (χ0v) is 17.1. The molecule has 0 spiro atoms. The summed E-state index contributed by atoms with van der Waals surface area (Å²) < 4.78 is 26.3. The van der Waals surface area contributed by atoms with Crippen molar-refractivity contribution in [1.82, 2.24) is 0 Å². The lowest BCUT2D eigenvalue weighted by Crippen LogP contribution is -2.52. The summed E-state index contributed by atoms with van der Waals surface area (Å²) in [4.78, 5) is 26.7. The fourth-order valence-electron chi connectivity index (χ4n) is 3.54. The molecule has 7 nitrogen and oxygen atoms in total. The van der Waals surface area contributed by atoms with Crippen LogP contribution in [0.3, 0.4) is 0 Å². The first-order valence-electron chi connectivity index (χ1n) is 8.86. The number of amides is 2. The maximum Gasteiger partial charge on any atom is 0.251 e. The molecule has 1 aliphatic heterocycles. The van der Waals surface area contributed by atoms with Crippen LogP contribution >= 0.6 is 0 Å². The number of fused-ring (bicyclic) bond motifs is 1. The van der Waals surface area contributed by atoms with Gasteiger partial charge in [0.2, 0.25) is 15.9 Å². The topological polar surface area (TPSA) is 86.8 Å². The van der Waals surface area contributed by atoms with Gasteiger partial charge in [0.15, 0.2) is 0 Å². The van der Waals surface area contributed by atoms with Gasteiger partial charge in [0, 0.05) is 0 Å². The molecule has 0 saturated heterocycles. The van der Waals surface area contributed by atoms with Gasteiger partial charge < -0.3 is 5.32 Å². The Labute approximate surface area is 165 Å². The van der Waals surface area contributed by atoms with E-state index in [0.717, 1.165) is 21.7 Å². The molecule has 148 valence electrons. The molecular weight excluding hydrogens is 378 g/mol. The van der Waals surface area contributed by atoms with Gasteiger partial charge in [-0.2, -0.15) is 0 Å². The third-order valence-corrected chi connectivity index (χ3v) is 5.81. The van der Waals surface area contributed by atoms with Crippen molar-refractivity contribution in [2.45, 2.75) is 26.8 Å². The molecule has 0 bridgehead atoms. The number of sulfonamides is 1. The van der Waals surface area contributed by atoms with Gasteiger partial charge in [-0.05, 0) is 56.2 Å². The van der Waals surface area contributed by atoms with Crippen molar-refractivity contribution in [2.24, 2.45) is 0 Å². The first-order chi connectivity index (χ1) is 13.1. The van der Waals surface area contributed by atoms with E-state index in [4.69, 9.17) is 0 Å². The van der Waals surface area contributed by atoms with Crippen LogP contribution < -0.4 is 14.5 Å². The molecule has 1 N–H and O–H groups in total. The highest BCUT2D eigenvalue weighted by atomic mass is 32.2. The lowest BCUT2D eigenvalue weighted by atomic mass is 10.1. The number of carbonyl (C=O) groups excluding carboxylic acids is 2. The molecule has 0 radical (unpaired) electrons. The molecule has 1 atom stereocenters. The Morgan fingerprint density at radius 3 is 2.36 bits per heavy atom. The van der Waals surface area contributed by atoms with Gasteiger partial charge >= 0.3 is 0 Å². The first-order valence-corrected chi connectivity index (χ1v) is 10.7. The van der Waals surface area contributed by atoms with Gasteiger partial charge in [0.1, 0.15) is 12.6 Å². The molecule has 0 aliphatic carbocycles. The molecule has 0 fully saturated rings. The Kier molecular flexibility index (Phi) is 5.16. The minimum Gasteiger partial charge on any atom is -0.323 e. The van der Waals surface area contributed by atoms with Gasteiger partial charge in [-0.1, -0.05) is 18.2 Å². The first kappa shape index (κ1) is 19.9. The third-order valence-electron chi connectivity index (χ3n) is 4.56. The van der Waals surface area contributed by atoms with Gasteiger partial charge in [-0.25, -0.2) is 8.42 Å². The fourth-order valence-corrected chi connectivity index (χ4v) is 4.69. The molecule has 0 saturated carbocycles. The van der Waals surface area contributed by atoms with Crippen LogP contribution in [0.15, 0.2) is 42.5 Å². The Balaban J connectivity index is 2.03. The number of hydrogen-bond acceptors (Lipinski definition) is 4. The van der Waals surface area contributed by atoms with Crippen molar-refractivity contribution in [2.75, 3.05) is 27.3 Å². The van der Waals surface area contributed by atoms with Crippen molar-refractivity contribution in [3.63, 3.8) is 0 Å². The Bertz CT molecular complexity index is 1030. The Morgan fingerprint density at radius 1 is 1.14 bits per heavy atom. The summed E-state index contributed by atoms with van der Waals surface area (Å²) in [5.74, 6) is -0.788. The number of benzene rings is 2. The van der Waals surface area contributed by atoms with Gasteiger partial charge in [-0.15, -0.1) is 0 Å². The fraction of sp³-hybridized carbons (Fsp3) is 0.300. The maximum absolute atomic E-state index is 13.3.